The van der Waals surface area contributed by atoms with E-state index in [1.54, 1.807) is 7.11 Å². The molecule has 2 atom stereocenters. The van der Waals surface area contributed by atoms with E-state index in [-0.39, 0.29) is 6.10 Å². The molecule has 1 N–H and O–H groups in total. The largest absolute Gasteiger partial charge is 0.390 e. The number of nitrogens with zero attached hydrogens (tertiary/aromatic N) is 1. The summed E-state index contributed by atoms with van der Waals surface area (Å²) in [5, 5.41) is 9.70. The van der Waals surface area contributed by atoms with Crippen LogP contribution in [0.2, 0.25) is 0 Å². The van der Waals surface area contributed by atoms with Crippen LogP contribution in [0.25, 0.3) is 0 Å². The van der Waals surface area contributed by atoms with Crippen molar-refractivity contribution >= 4 is 0 Å². The fraction of sp³-hybridized carbons (Fsp3) is 1.00. The smallest absolute Gasteiger partial charge is 0.0814 e. The highest BCUT2D eigenvalue weighted by Crippen LogP contribution is 2.21. The predicted octanol–water partition coefficient (Wildman–Crippen LogP) is 0.724. The van der Waals surface area contributed by atoms with Gasteiger partial charge in [0.15, 0.2) is 0 Å². The first-order valence-corrected chi connectivity index (χ1v) is 5.06. The number of ether oxygens (including phenoxy) is 1. The lowest BCUT2D eigenvalue weighted by atomic mass is 10.0. The van der Waals surface area contributed by atoms with Crippen molar-refractivity contribution in [2.45, 2.75) is 32.4 Å². The fourth-order valence-electron chi connectivity index (χ4n) is 1.91. The van der Waals surface area contributed by atoms with E-state index in [2.05, 4.69) is 18.7 Å². The Morgan fingerprint density at radius 1 is 1.54 bits per heavy atom. The normalized spacial score (nSPS) is 27.0. The maximum absolute atomic E-state index is 9.70. The second kappa shape index (κ2) is 4.94. The number of aliphatic hydroxyl groups is 1. The minimum absolute atomic E-state index is 0.284. The molecule has 13 heavy (non-hydrogen) atoms. The molecule has 1 rings (SSSR count). The van der Waals surface area contributed by atoms with Gasteiger partial charge in [-0.15, -0.1) is 0 Å². The molecule has 3 nitrogen and oxygen atoms in total. The Morgan fingerprint density at radius 2 is 2.23 bits per heavy atom. The Morgan fingerprint density at radius 3 is 2.69 bits per heavy atom. The zero-order valence-corrected chi connectivity index (χ0v) is 8.86. The summed E-state index contributed by atoms with van der Waals surface area (Å²) < 4.78 is 4.94. The van der Waals surface area contributed by atoms with Crippen molar-refractivity contribution in [1.29, 1.82) is 0 Å². The van der Waals surface area contributed by atoms with Crippen LogP contribution < -0.4 is 0 Å². The summed E-state index contributed by atoms with van der Waals surface area (Å²) in [6, 6.07) is 0.597. The summed E-state index contributed by atoms with van der Waals surface area (Å²) >= 11 is 0. The Bertz CT molecular complexity index is 150. The molecule has 3 heteroatoms. The van der Waals surface area contributed by atoms with Crippen molar-refractivity contribution in [1.82, 2.24) is 4.90 Å². The average Bonchev–Trinajstić information content (AvgIpc) is 2.52. The van der Waals surface area contributed by atoms with Gasteiger partial charge in [0.25, 0.3) is 0 Å². The summed E-state index contributed by atoms with van der Waals surface area (Å²) in [7, 11) is 1.64. The molecular formula is C10H21NO2. The molecule has 0 saturated carbocycles. The van der Waals surface area contributed by atoms with Gasteiger partial charge in [0.05, 0.1) is 12.7 Å². The molecule has 1 heterocycles. The molecule has 0 spiro atoms. The first kappa shape index (κ1) is 11.0. The van der Waals surface area contributed by atoms with Gasteiger partial charge in [-0.25, -0.2) is 0 Å². The number of rotatable bonds is 4. The van der Waals surface area contributed by atoms with Gasteiger partial charge in [-0.05, 0) is 26.8 Å². The van der Waals surface area contributed by atoms with Crippen molar-refractivity contribution in [3.8, 4) is 0 Å². The van der Waals surface area contributed by atoms with Gasteiger partial charge in [0.1, 0.15) is 0 Å². The summed E-state index contributed by atoms with van der Waals surface area (Å²) in [6.45, 7) is 7.00. The van der Waals surface area contributed by atoms with E-state index in [0.717, 1.165) is 19.5 Å². The lowest BCUT2D eigenvalue weighted by molar-refractivity contribution is 0.0269. The lowest BCUT2D eigenvalue weighted by Crippen LogP contribution is -2.32. The Labute approximate surface area is 80.7 Å². The van der Waals surface area contributed by atoms with Crippen molar-refractivity contribution in [2.24, 2.45) is 5.92 Å². The Kier molecular flexibility index (Phi) is 4.16. The minimum Gasteiger partial charge on any atom is -0.390 e. The Balaban J connectivity index is 2.31. The van der Waals surface area contributed by atoms with Gasteiger partial charge in [-0.1, -0.05) is 0 Å². The topological polar surface area (TPSA) is 32.7 Å². The van der Waals surface area contributed by atoms with E-state index in [0.29, 0.717) is 18.6 Å². The first-order chi connectivity index (χ1) is 6.15. The highest BCUT2D eigenvalue weighted by Gasteiger charge is 2.29. The quantitative estimate of drug-likeness (QED) is 0.704. The van der Waals surface area contributed by atoms with Crippen LogP contribution in [-0.2, 0) is 4.74 Å². The standard InChI is InChI=1S/C10H21NO2/c1-8(2)11-5-4-9(6-11)10(12)7-13-3/h8-10,12H,4-7H2,1-3H3. The van der Waals surface area contributed by atoms with Crippen LogP contribution in [0.15, 0.2) is 0 Å². The molecule has 0 aromatic carbocycles. The van der Waals surface area contributed by atoms with Crippen LogP contribution in [0, 0.1) is 5.92 Å². The Hall–Kier alpha value is -0.120. The molecule has 0 aromatic heterocycles. The van der Waals surface area contributed by atoms with Crippen LogP contribution in [0.1, 0.15) is 20.3 Å². The number of likely N-dealkylation sites (tertiary alicyclic amines) is 1. The SMILES string of the molecule is COCC(O)C1CCN(C(C)C)C1. The molecule has 0 aliphatic carbocycles. The molecule has 2 unspecified atom stereocenters. The molecule has 1 aliphatic rings. The van der Waals surface area contributed by atoms with E-state index >= 15 is 0 Å². The molecule has 1 aliphatic heterocycles. The van der Waals surface area contributed by atoms with Gasteiger partial charge in [0, 0.05) is 25.6 Å². The van der Waals surface area contributed by atoms with Crippen LogP contribution >= 0.6 is 0 Å². The highest BCUT2D eigenvalue weighted by molar-refractivity contribution is 4.82. The van der Waals surface area contributed by atoms with Crippen LogP contribution in [0.5, 0.6) is 0 Å². The molecular weight excluding hydrogens is 166 g/mol. The van der Waals surface area contributed by atoms with Crippen molar-refractivity contribution in [2.75, 3.05) is 26.8 Å². The zero-order valence-electron chi connectivity index (χ0n) is 8.86. The zero-order chi connectivity index (χ0) is 9.84. The summed E-state index contributed by atoms with van der Waals surface area (Å²) in [6.07, 6.45) is 0.816. The van der Waals surface area contributed by atoms with E-state index in [4.69, 9.17) is 4.74 Å². The average molecular weight is 187 g/mol. The van der Waals surface area contributed by atoms with Crippen molar-refractivity contribution in [3.05, 3.63) is 0 Å². The molecule has 0 radical (unpaired) electrons. The van der Waals surface area contributed by atoms with Gasteiger partial charge >= 0.3 is 0 Å². The van der Waals surface area contributed by atoms with Crippen LogP contribution in [0.4, 0.5) is 0 Å². The number of hydrogen-bond acceptors (Lipinski definition) is 3. The second-order valence-corrected chi connectivity index (χ2v) is 4.16. The monoisotopic (exact) mass is 187 g/mol. The second-order valence-electron chi connectivity index (χ2n) is 4.16. The van der Waals surface area contributed by atoms with E-state index in [1.165, 1.54) is 0 Å². The number of aliphatic hydroxyl groups excluding tert-OH is 1. The molecule has 1 saturated heterocycles. The van der Waals surface area contributed by atoms with E-state index < -0.39 is 0 Å². The van der Waals surface area contributed by atoms with Gasteiger partial charge < -0.3 is 14.7 Å². The number of hydrogen-bond donors (Lipinski definition) is 1. The van der Waals surface area contributed by atoms with Crippen molar-refractivity contribution < 1.29 is 9.84 Å². The minimum atomic E-state index is -0.284. The third-order valence-electron chi connectivity index (χ3n) is 2.87. The van der Waals surface area contributed by atoms with E-state index in [9.17, 15) is 5.11 Å². The maximum atomic E-state index is 9.70. The van der Waals surface area contributed by atoms with Crippen molar-refractivity contribution in [3.63, 3.8) is 0 Å². The predicted molar refractivity (Wildman–Crippen MR) is 52.7 cm³/mol. The fourth-order valence-corrected chi connectivity index (χ4v) is 1.91. The molecule has 78 valence electrons. The number of methoxy groups -OCH3 is 1. The molecule has 0 bridgehead atoms. The summed E-state index contributed by atoms with van der Waals surface area (Å²) in [4.78, 5) is 2.41. The molecule has 0 amide bonds. The maximum Gasteiger partial charge on any atom is 0.0814 e. The summed E-state index contributed by atoms with van der Waals surface area (Å²) in [5.74, 6) is 0.405. The van der Waals surface area contributed by atoms with E-state index in [1.807, 2.05) is 0 Å². The third-order valence-corrected chi connectivity index (χ3v) is 2.87. The van der Waals surface area contributed by atoms with Crippen LogP contribution in [0.3, 0.4) is 0 Å². The molecule has 1 fully saturated rings. The highest BCUT2D eigenvalue weighted by atomic mass is 16.5. The van der Waals surface area contributed by atoms with Gasteiger partial charge in [-0.2, -0.15) is 0 Å². The molecule has 0 aromatic rings. The summed E-state index contributed by atoms with van der Waals surface area (Å²) in [5.41, 5.74) is 0. The third kappa shape index (κ3) is 2.93. The van der Waals surface area contributed by atoms with Gasteiger partial charge in [0.2, 0.25) is 0 Å². The first-order valence-electron chi connectivity index (χ1n) is 5.06. The van der Waals surface area contributed by atoms with Gasteiger partial charge in [-0.3, -0.25) is 0 Å². The van der Waals surface area contributed by atoms with Crippen LogP contribution in [-0.4, -0.2) is 49.0 Å². The lowest BCUT2D eigenvalue weighted by Gasteiger charge is -2.21.